The molecule has 0 aliphatic heterocycles. The van der Waals surface area contributed by atoms with Gasteiger partial charge in [-0.05, 0) is 6.42 Å². The molecule has 0 bridgehead atoms. The summed E-state index contributed by atoms with van der Waals surface area (Å²) in [4.78, 5) is 0. The van der Waals surface area contributed by atoms with Crippen LogP contribution in [0.4, 0.5) is 0 Å². The van der Waals surface area contributed by atoms with Crippen molar-refractivity contribution in [2.24, 2.45) is 5.92 Å². The van der Waals surface area contributed by atoms with Crippen molar-refractivity contribution in [2.75, 3.05) is 25.8 Å². The van der Waals surface area contributed by atoms with E-state index in [0.717, 1.165) is 10.8 Å². The Bertz CT molecular complexity index is 176. The van der Waals surface area contributed by atoms with Crippen LogP contribution in [-0.2, 0) is 14.2 Å². The Morgan fingerprint density at radius 1 is 0.889 bits per heavy atom. The van der Waals surface area contributed by atoms with Crippen molar-refractivity contribution >= 4 is 22.6 Å². The molecule has 110 valence electrons. The van der Waals surface area contributed by atoms with Crippen LogP contribution in [0.25, 0.3) is 0 Å². The number of alkyl halides is 1. The third kappa shape index (κ3) is 6.17. The normalized spacial score (nSPS) is 13.8. The molecule has 0 radical (unpaired) electrons. The summed E-state index contributed by atoms with van der Waals surface area (Å²) in [5.74, 6) is -0.589. The molecular formula is C14H29IO3. The van der Waals surface area contributed by atoms with E-state index in [9.17, 15) is 0 Å². The maximum absolute atomic E-state index is 5.44. The van der Waals surface area contributed by atoms with Gasteiger partial charge in [-0.25, -0.2) is 0 Å². The minimum Gasteiger partial charge on any atom is -0.331 e. The van der Waals surface area contributed by atoms with E-state index in [1.54, 1.807) is 21.3 Å². The summed E-state index contributed by atoms with van der Waals surface area (Å²) in [5.41, 5.74) is 0. The molecule has 0 aromatic carbocycles. The van der Waals surface area contributed by atoms with E-state index in [1.165, 1.54) is 38.5 Å². The fourth-order valence-electron chi connectivity index (χ4n) is 2.27. The number of hydrogen-bond donors (Lipinski definition) is 0. The average molecular weight is 372 g/mol. The number of ether oxygens (including phenoxy) is 3. The smallest absolute Gasteiger partial charge is 0.285 e. The third-order valence-corrected chi connectivity index (χ3v) is 4.51. The largest absolute Gasteiger partial charge is 0.331 e. The molecule has 0 heterocycles. The summed E-state index contributed by atoms with van der Waals surface area (Å²) in [6.07, 6.45) is 8.95. The first kappa shape index (κ1) is 18.6. The lowest BCUT2D eigenvalue weighted by Crippen LogP contribution is -2.44. The van der Waals surface area contributed by atoms with Gasteiger partial charge in [0.05, 0.1) is 0 Å². The SMILES string of the molecule is CCCCCCCCC(CI)C(OC)(OC)OC. The average Bonchev–Trinajstić information content (AvgIpc) is 2.42. The van der Waals surface area contributed by atoms with Crippen LogP contribution in [0.5, 0.6) is 0 Å². The monoisotopic (exact) mass is 372 g/mol. The van der Waals surface area contributed by atoms with Gasteiger partial charge in [0.2, 0.25) is 0 Å². The van der Waals surface area contributed by atoms with Gasteiger partial charge in [-0.1, -0.05) is 68.0 Å². The Morgan fingerprint density at radius 3 is 1.83 bits per heavy atom. The summed E-state index contributed by atoms with van der Waals surface area (Å²) in [5, 5.41) is 0. The first-order valence-electron chi connectivity index (χ1n) is 6.92. The van der Waals surface area contributed by atoms with Crippen LogP contribution in [-0.4, -0.2) is 31.7 Å². The van der Waals surface area contributed by atoms with Crippen LogP contribution in [0.3, 0.4) is 0 Å². The maximum atomic E-state index is 5.44. The van der Waals surface area contributed by atoms with Crippen molar-refractivity contribution in [3.63, 3.8) is 0 Å². The van der Waals surface area contributed by atoms with E-state index >= 15 is 0 Å². The van der Waals surface area contributed by atoms with Gasteiger partial charge >= 0.3 is 0 Å². The molecule has 0 aromatic heterocycles. The second kappa shape index (κ2) is 11.4. The zero-order chi connectivity index (χ0) is 13.9. The maximum Gasteiger partial charge on any atom is 0.285 e. The molecular weight excluding hydrogens is 343 g/mol. The van der Waals surface area contributed by atoms with E-state index in [-0.39, 0.29) is 5.92 Å². The summed E-state index contributed by atoms with van der Waals surface area (Å²) in [7, 11) is 4.94. The van der Waals surface area contributed by atoms with Crippen LogP contribution in [0.1, 0.15) is 51.9 Å². The summed E-state index contributed by atoms with van der Waals surface area (Å²) in [6.45, 7) is 2.25. The van der Waals surface area contributed by atoms with Crippen molar-refractivity contribution in [1.29, 1.82) is 0 Å². The molecule has 0 saturated heterocycles. The summed E-state index contributed by atoms with van der Waals surface area (Å²) in [6, 6.07) is 0. The van der Waals surface area contributed by atoms with Crippen molar-refractivity contribution in [2.45, 2.75) is 57.8 Å². The van der Waals surface area contributed by atoms with Crippen LogP contribution >= 0.6 is 22.6 Å². The first-order chi connectivity index (χ1) is 8.70. The van der Waals surface area contributed by atoms with E-state index in [4.69, 9.17) is 14.2 Å². The Hall–Kier alpha value is 0.610. The molecule has 1 atom stereocenters. The highest BCUT2D eigenvalue weighted by molar-refractivity contribution is 14.1. The van der Waals surface area contributed by atoms with Crippen molar-refractivity contribution in [3.8, 4) is 0 Å². The van der Waals surface area contributed by atoms with Gasteiger partial charge in [0.25, 0.3) is 5.97 Å². The van der Waals surface area contributed by atoms with Crippen LogP contribution in [0, 0.1) is 5.92 Å². The number of methoxy groups -OCH3 is 3. The summed E-state index contributed by atoms with van der Waals surface area (Å²) >= 11 is 2.38. The minimum atomic E-state index is -0.870. The van der Waals surface area contributed by atoms with Crippen molar-refractivity contribution in [1.82, 2.24) is 0 Å². The van der Waals surface area contributed by atoms with E-state index < -0.39 is 5.97 Å². The third-order valence-electron chi connectivity index (χ3n) is 3.45. The molecule has 18 heavy (non-hydrogen) atoms. The predicted octanol–water partition coefficient (Wildman–Crippen LogP) is 4.38. The molecule has 0 rings (SSSR count). The number of rotatable bonds is 12. The molecule has 0 N–H and O–H groups in total. The van der Waals surface area contributed by atoms with Crippen LogP contribution in [0.15, 0.2) is 0 Å². The lowest BCUT2D eigenvalue weighted by molar-refractivity contribution is -0.375. The second-order valence-corrected chi connectivity index (χ2v) is 5.50. The highest BCUT2D eigenvalue weighted by atomic mass is 127. The number of halogens is 1. The predicted molar refractivity (Wildman–Crippen MR) is 84.1 cm³/mol. The Labute approximate surface area is 126 Å². The van der Waals surface area contributed by atoms with Gasteiger partial charge in [-0.2, -0.15) is 0 Å². The van der Waals surface area contributed by atoms with Crippen LogP contribution in [0.2, 0.25) is 0 Å². The highest BCUT2D eigenvalue weighted by Gasteiger charge is 2.38. The zero-order valence-corrected chi connectivity index (χ0v) is 14.5. The molecule has 0 aromatic rings. The first-order valence-corrected chi connectivity index (χ1v) is 8.44. The van der Waals surface area contributed by atoms with Crippen molar-refractivity contribution in [3.05, 3.63) is 0 Å². The Balaban J connectivity index is 4.01. The van der Waals surface area contributed by atoms with E-state index in [0.29, 0.717) is 0 Å². The zero-order valence-electron chi connectivity index (χ0n) is 12.3. The van der Waals surface area contributed by atoms with Gasteiger partial charge in [-0.15, -0.1) is 0 Å². The molecule has 0 amide bonds. The molecule has 0 spiro atoms. The molecule has 0 aliphatic rings. The standard InChI is InChI=1S/C14H29IO3/c1-5-6-7-8-9-10-11-13(12-15)14(16-2,17-3)18-4/h13H,5-12H2,1-4H3. The Kier molecular flexibility index (Phi) is 11.8. The number of hydrogen-bond acceptors (Lipinski definition) is 3. The quantitative estimate of drug-likeness (QED) is 0.220. The topological polar surface area (TPSA) is 27.7 Å². The molecule has 0 fully saturated rings. The number of unbranched alkanes of at least 4 members (excludes halogenated alkanes) is 5. The van der Waals surface area contributed by atoms with Crippen LogP contribution < -0.4 is 0 Å². The molecule has 3 nitrogen and oxygen atoms in total. The van der Waals surface area contributed by atoms with Crippen molar-refractivity contribution < 1.29 is 14.2 Å². The lowest BCUT2D eigenvalue weighted by atomic mass is 9.99. The minimum absolute atomic E-state index is 0.282. The highest BCUT2D eigenvalue weighted by Crippen LogP contribution is 2.30. The fourth-order valence-corrected chi connectivity index (χ4v) is 3.25. The summed E-state index contributed by atoms with van der Waals surface area (Å²) < 4.78 is 17.3. The lowest BCUT2D eigenvalue weighted by Gasteiger charge is -2.35. The molecule has 0 saturated carbocycles. The Morgan fingerprint density at radius 2 is 1.39 bits per heavy atom. The molecule has 4 heteroatoms. The second-order valence-electron chi connectivity index (χ2n) is 4.62. The van der Waals surface area contributed by atoms with E-state index in [2.05, 4.69) is 29.5 Å². The van der Waals surface area contributed by atoms with Gasteiger partial charge in [0, 0.05) is 31.7 Å². The van der Waals surface area contributed by atoms with E-state index in [1.807, 2.05) is 0 Å². The van der Waals surface area contributed by atoms with Gasteiger partial charge in [0.1, 0.15) is 0 Å². The van der Waals surface area contributed by atoms with Gasteiger partial charge in [-0.3, -0.25) is 0 Å². The molecule has 1 unspecified atom stereocenters. The van der Waals surface area contributed by atoms with Gasteiger partial charge in [0.15, 0.2) is 0 Å². The molecule has 0 aliphatic carbocycles. The van der Waals surface area contributed by atoms with Gasteiger partial charge < -0.3 is 14.2 Å². The fraction of sp³-hybridized carbons (Fsp3) is 1.00.